The first-order valence-corrected chi connectivity index (χ1v) is 11.1. The van der Waals surface area contributed by atoms with Crippen molar-refractivity contribution in [1.29, 1.82) is 0 Å². The molecule has 37 heavy (non-hydrogen) atoms. The Kier molecular flexibility index (Phi) is 5.78. The molecule has 2 amide bonds. The van der Waals surface area contributed by atoms with Gasteiger partial charge in [-0.05, 0) is 24.3 Å². The summed E-state index contributed by atoms with van der Waals surface area (Å²) in [6.07, 6.45) is -7.14. The van der Waals surface area contributed by atoms with Crippen LogP contribution in [-0.2, 0) is 9.53 Å². The van der Waals surface area contributed by atoms with Gasteiger partial charge in [0.05, 0.1) is 33.1 Å². The largest absolute Gasteiger partial charge is 0.425 e. The molecule has 190 valence electrons. The van der Waals surface area contributed by atoms with Crippen LogP contribution in [-0.4, -0.2) is 60.5 Å². The molecule has 1 saturated heterocycles. The Morgan fingerprint density at radius 2 is 1.86 bits per heavy atom. The number of aliphatic hydroxyl groups is 2. The smallest absolute Gasteiger partial charge is 0.394 e. The molecule has 0 spiro atoms. The van der Waals surface area contributed by atoms with Crippen LogP contribution in [0.2, 0.25) is 0 Å². The van der Waals surface area contributed by atoms with E-state index in [2.05, 4.69) is 20.3 Å². The molecule has 5 rings (SSSR count). The Morgan fingerprint density at radius 3 is 2.43 bits per heavy atom. The van der Waals surface area contributed by atoms with E-state index in [0.29, 0.717) is 11.4 Å². The number of carbonyl (C=O) groups is 2. The van der Waals surface area contributed by atoms with Gasteiger partial charge in [-0.25, -0.2) is 14.7 Å². The van der Waals surface area contributed by atoms with Crippen molar-refractivity contribution in [1.82, 2.24) is 19.5 Å². The van der Waals surface area contributed by atoms with Gasteiger partial charge in [-0.15, -0.1) is 0 Å². The number of amides is 2. The molecule has 1 aliphatic heterocycles. The Balaban J connectivity index is 1.57. The van der Waals surface area contributed by atoms with E-state index in [-0.39, 0.29) is 23.0 Å². The van der Waals surface area contributed by atoms with Crippen LogP contribution in [0.5, 0.6) is 5.88 Å². The molecule has 12 heteroatoms. The average molecular weight is 508 g/mol. The van der Waals surface area contributed by atoms with Crippen LogP contribution in [0.25, 0.3) is 11.2 Å². The zero-order valence-corrected chi connectivity index (χ0v) is 19.4. The third-order valence-electron chi connectivity index (χ3n) is 5.37. The van der Waals surface area contributed by atoms with E-state index in [0.717, 1.165) is 0 Å². The summed E-state index contributed by atoms with van der Waals surface area (Å²) in [4.78, 5) is 39.3. The van der Waals surface area contributed by atoms with Gasteiger partial charge in [-0.2, -0.15) is 9.97 Å². The molecule has 2 aromatic heterocycles. The van der Waals surface area contributed by atoms with E-state index in [1.54, 1.807) is 60.7 Å². The van der Waals surface area contributed by atoms with Crippen molar-refractivity contribution in [2.75, 3.05) is 16.8 Å². The molecule has 1 unspecified atom stereocenters. The van der Waals surface area contributed by atoms with Crippen LogP contribution in [0.1, 0.15) is 23.7 Å². The summed E-state index contributed by atoms with van der Waals surface area (Å²) in [6, 6.07) is 17.5. The van der Waals surface area contributed by atoms with Gasteiger partial charge in [0.15, 0.2) is 11.2 Å². The summed E-state index contributed by atoms with van der Waals surface area (Å²) in [5, 5.41) is 22.5. The number of anilines is 3. The standard InChI is InChI=1S/C25H24N6O6/c1-15(33)27-24-28-22-21(26-14-30(22)20-12-18(34)19(13-32)36-20)23(29-24)37-25(35)31(16-8-4-2-5-9-16)17-10-6-3-7-11-17/h2-11,14,18-20,32,34H,12-13H2,1H3,(H,27,28,29,33)/t18-,19+,20+/m0/s1/i12D,13D,18D/t12-,13?,18-,19+,20+. The van der Waals surface area contributed by atoms with Crippen molar-refractivity contribution in [3.05, 3.63) is 67.0 Å². The molecule has 5 atom stereocenters. The molecular formula is C25H24N6O6. The first-order chi connectivity index (χ1) is 19.1. The molecule has 1 fully saturated rings. The zero-order valence-electron chi connectivity index (χ0n) is 22.4. The van der Waals surface area contributed by atoms with Gasteiger partial charge in [0.1, 0.15) is 12.3 Å². The number of nitrogens with one attached hydrogen (secondary N) is 1. The second kappa shape index (κ2) is 10.3. The summed E-state index contributed by atoms with van der Waals surface area (Å²) in [5.74, 6) is -1.10. The van der Waals surface area contributed by atoms with Gasteiger partial charge in [-0.1, -0.05) is 36.4 Å². The monoisotopic (exact) mass is 507 g/mol. The molecule has 0 saturated carbocycles. The first-order valence-electron chi connectivity index (χ1n) is 12.8. The lowest BCUT2D eigenvalue weighted by Crippen LogP contribution is -2.29. The highest BCUT2D eigenvalue weighted by molar-refractivity contribution is 5.98. The average Bonchev–Trinajstić information content (AvgIpc) is 3.43. The van der Waals surface area contributed by atoms with Gasteiger partial charge < -0.3 is 19.7 Å². The fourth-order valence-electron chi connectivity index (χ4n) is 3.76. The van der Waals surface area contributed by atoms with E-state index < -0.39 is 43.4 Å². The van der Waals surface area contributed by atoms with Gasteiger partial charge >= 0.3 is 6.09 Å². The van der Waals surface area contributed by atoms with E-state index >= 15 is 0 Å². The van der Waals surface area contributed by atoms with Crippen molar-refractivity contribution in [2.24, 2.45) is 0 Å². The summed E-state index contributed by atoms with van der Waals surface area (Å²) in [7, 11) is 0. The number of carbonyl (C=O) groups excluding carboxylic acids is 2. The Bertz CT molecular complexity index is 1500. The molecular weight excluding hydrogens is 480 g/mol. The third kappa shape index (κ3) is 4.98. The maximum absolute atomic E-state index is 13.6. The molecule has 12 nitrogen and oxygen atoms in total. The molecule has 4 aromatic rings. The topological polar surface area (TPSA) is 152 Å². The lowest BCUT2D eigenvalue weighted by Gasteiger charge is -2.22. The van der Waals surface area contributed by atoms with Gasteiger partial charge in [0, 0.05) is 14.7 Å². The summed E-state index contributed by atoms with van der Waals surface area (Å²) >= 11 is 0. The normalized spacial score (nSPS) is 25.1. The molecule has 3 N–H and O–H groups in total. The number of aliphatic hydroxyl groups excluding tert-OH is 1. The third-order valence-corrected chi connectivity index (χ3v) is 5.37. The Labute approximate surface area is 215 Å². The van der Waals surface area contributed by atoms with Crippen molar-refractivity contribution in [3.63, 3.8) is 0 Å². The Morgan fingerprint density at radius 1 is 1.22 bits per heavy atom. The molecule has 1 aliphatic rings. The van der Waals surface area contributed by atoms with Crippen molar-refractivity contribution >= 4 is 40.5 Å². The number of fused-ring (bicyclic) bond motifs is 1. The fraction of sp³-hybridized carbons (Fsp3) is 0.240. The Hall–Kier alpha value is -4.39. The molecule has 0 bridgehead atoms. The SMILES string of the molecule is [2H]C(O)[C@H]1O[C@@H](n2cnc3c(OC(=O)N(c4ccccc4)c4ccccc4)nc(NC(C)=O)nc32)[C@@H]([2H])[C@]1([2H])O. The van der Waals surface area contributed by atoms with Crippen LogP contribution in [0.4, 0.5) is 22.1 Å². The molecule has 2 aromatic carbocycles. The number of aromatic nitrogens is 4. The highest BCUT2D eigenvalue weighted by atomic mass is 16.6. The summed E-state index contributed by atoms with van der Waals surface area (Å²) < 4.78 is 36.3. The van der Waals surface area contributed by atoms with Crippen molar-refractivity contribution in [3.8, 4) is 5.88 Å². The number of nitrogens with zero attached hydrogens (tertiary/aromatic N) is 5. The minimum Gasteiger partial charge on any atom is -0.394 e. The van der Waals surface area contributed by atoms with E-state index in [9.17, 15) is 19.8 Å². The quantitative estimate of drug-likeness (QED) is 0.358. The van der Waals surface area contributed by atoms with Crippen LogP contribution >= 0.6 is 0 Å². The molecule has 0 radical (unpaired) electrons. The summed E-state index contributed by atoms with van der Waals surface area (Å²) in [6.45, 7) is -0.776. The van der Waals surface area contributed by atoms with E-state index in [1.807, 2.05) is 0 Å². The lowest BCUT2D eigenvalue weighted by atomic mass is 10.2. The van der Waals surface area contributed by atoms with Crippen LogP contribution in [0.15, 0.2) is 67.0 Å². The number of para-hydroxylation sites is 2. The maximum Gasteiger partial charge on any atom is 0.425 e. The second-order valence-electron chi connectivity index (χ2n) is 7.92. The number of imidazole rings is 1. The number of ether oxygens (including phenoxy) is 2. The minimum absolute atomic E-state index is 0.0530. The number of rotatable bonds is 6. The van der Waals surface area contributed by atoms with Crippen molar-refractivity contribution in [2.45, 2.75) is 31.7 Å². The predicted molar refractivity (Wildman–Crippen MR) is 132 cm³/mol. The molecule has 0 aliphatic carbocycles. The number of benzene rings is 2. The van der Waals surface area contributed by atoms with Gasteiger partial charge in [-0.3, -0.25) is 14.7 Å². The van der Waals surface area contributed by atoms with Gasteiger partial charge in [0.25, 0.3) is 5.88 Å². The maximum atomic E-state index is 13.6. The van der Waals surface area contributed by atoms with E-state index in [1.165, 1.54) is 22.7 Å². The predicted octanol–water partition coefficient (Wildman–Crippen LogP) is 2.76. The number of hydrogen-bond acceptors (Lipinski definition) is 9. The van der Waals surface area contributed by atoms with Gasteiger partial charge in [0.2, 0.25) is 11.9 Å². The van der Waals surface area contributed by atoms with Crippen LogP contribution in [0, 0.1) is 0 Å². The second-order valence-corrected chi connectivity index (χ2v) is 7.92. The molecule has 3 heterocycles. The lowest BCUT2D eigenvalue weighted by molar-refractivity contribution is -0.114. The fourth-order valence-corrected chi connectivity index (χ4v) is 3.76. The van der Waals surface area contributed by atoms with E-state index in [4.69, 9.17) is 13.6 Å². The summed E-state index contributed by atoms with van der Waals surface area (Å²) in [5.41, 5.74) is 0.888. The van der Waals surface area contributed by atoms with Crippen LogP contribution in [0.3, 0.4) is 0 Å². The first kappa shape index (κ1) is 20.8. The zero-order chi connectivity index (χ0) is 28.6. The minimum atomic E-state index is -2.63. The highest BCUT2D eigenvalue weighted by Crippen LogP contribution is 2.34. The number of hydrogen-bond donors (Lipinski definition) is 3. The highest BCUT2D eigenvalue weighted by Gasteiger charge is 2.36. The van der Waals surface area contributed by atoms with Crippen molar-refractivity contribution < 1.29 is 33.4 Å². The van der Waals surface area contributed by atoms with Crippen LogP contribution < -0.4 is 15.0 Å².